The number of hydrogen-bond acceptors (Lipinski definition) is 8. The second-order valence-electron chi connectivity index (χ2n) is 8.74. The number of rotatable bonds is 9. The average molecular weight is 535 g/mol. The first kappa shape index (κ1) is 27.1. The predicted molar refractivity (Wildman–Crippen MR) is 145 cm³/mol. The fourth-order valence-corrected chi connectivity index (χ4v) is 5.18. The van der Waals surface area contributed by atoms with E-state index in [4.69, 9.17) is 14.2 Å². The van der Waals surface area contributed by atoms with Crippen molar-refractivity contribution in [3.05, 3.63) is 90.6 Å². The number of benzene rings is 2. The van der Waals surface area contributed by atoms with Gasteiger partial charge in [0.2, 0.25) is 0 Å². The second kappa shape index (κ2) is 12.0. The van der Waals surface area contributed by atoms with Crippen molar-refractivity contribution in [1.29, 1.82) is 0 Å². The minimum atomic E-state index is -0.742. The molecule has 9 heteroatoms. The number of unbranched alkanes of at least 4 members (excludes halogenated alkanes) is 1. The van der Waals surface area contributed by atoms with Crippen LogP contribution in [0.25, 0.3) is 6.08 Å². The Morgan fingerprint density at radius 2 is 1.74 bits per heavy atom. The van der Waals surface area contributed by atoms with E-state index in [1.165, 1.54) is 22.8 Å². The minimum absolute atomic E-state index is 0.191. The molecule has 1 aliphatic rings. The highest BCUT2D eigenvalue weighted by Gasteiger charge is 2.33. The molecule has 198 valence electrons. The van der Waals surface area contributed by atoms with E-state index in [-0.39, 0.29) is 12.2 Å². The third kappa shape index (κ3) is 5.94. The number of allylic oxidation sites excluding steroid dienone is 1. The molecule has 2 heterocycles. The SMILES string of the molecule is CCCCOc1ccc(C=c2sc3n(c2=O)C(c2ccc(OC(C)=O)cc2)C(C(=O)OCC)=C(C)N=3)cc1. The van der Waals surface area contributed by atoms with Gasteiger partial charge in [-0.15, -0.1) is 0 Å². The summed E-state index contributed by atoms with van der Waals surface area (Å²) in [6.45, 7) is 7.76. The number of carbonyl (C=O) groups is 2. The zero-order chi connectivity index (χ0) is 27.2. The number of hydrogen-bond donors (Lipinski definition) is 0. The van der Waals surface area contributed by atoms with Gasteiger partial charge in [-0.1, -0.05) is 48.9 Å². The molecule has 1 aliphatic heterocycles. The summed E-state index contributed by atoms with van der Waals surface area (Å²) >= 11 is 1.26. The Bertz CT molecular complexity index is 1530. The van der Waals surface area contributed by atoms with Gasteiger partial charge in [0.15, 0.2) is 4.80 Å². The molecule has 3 aromatic rings. The third-order valence-electron chi connectivity index (χ3n) is 5.92. The molecule has 38 heavy (non-hydrogen) atoms. The van der Waals surface area contributed by atoms with Crippen LogP contribution in [0.1, 0.15) is 57.7 Å². The van der Waals surface area contributed by atoms with Gasteiger partial charge in [-0.05, 0) is 61.7 Å². The van der Waals surface area contributed by atoms with Crippen molar-refractivity contribution in [2.75, 3.05) is 13.2 Å². The van der Waals surface area contributed by atoms with Crippen LogP contribution in [-0.2, 0) is 14.3 Å². The maximum Gasteiger partial charge on any atom is 0.338 e. The topological polar surface area (TPSA) is 96.2 Å². The molecule has 0 spiro atoms. The summed E-state index contributed by atoms with van der Waals surface area (Å²) in [4.78, 5) is 43.1. The second-order valence-corrected chi connectivity index (χ2v) is 9.75. The summed E-state index contributed by atoms with van der Waals surface area (Å²) in [5.74, 6) is 0.183. The van der Waals surface area contributed by atoms with Crippen molar-refractivity contribution in [2.24, 2.45) is 4.99 Å². The van der Waals surface area contributed by atoms with Crippen LogP contribution < -0.4 is 24.4 Å². The van der Waals surface area contributed by atoms with Crippen LogP contribution in [0.15, 0.2) is 69.6 Å². The van der Waals surface area contributed by atoms with Crippen LogP contribution in [0.3, 0.4) is 0 Å². The zero-order valence-corrected chi connectivity index (χ0v) is 22.7. The molecule has 0 saturated carbocycles. The predicted octanol–water partition coefficient (Wildman–Crippen LogP) is 3.90. The summed E-state index contributed by atoms with van der Waals surface area (Å²) in [5, 5.41) is 0. The molecule has 0 bridgehead atoms. The van der Waals surface area contributed by atoms with Gasteiger partial charge in [0.25, 0.3) is 5.56 Å². The Balaban J connectivity index is 1.78. The van der Waals surface area contributed by atoms with Gasteiger partial charge in [0.05, 0.1) is 35.1 Å². The van der Waals surface area contributed by atoms with Gasteiger partial charge in [-0.25, -0.2) is 9.79 Å². The number of fused-ring (bicyclic) bond motifs is 1. The first-order chi connectivity index (χ1) is 18.3. The highest BCUT2D eigenvalue weighted by Crippen LogP contribution is 2.31. The highest BCUT2D eigenvalue weighted by molar-refractivity contribution is 7.07. The molecule has 0 N–H and O–H groups in total. The van der Waals surface area contributed by atoms with Gasteiger partial charge < -0.3 is 14.2 Å². The molecule has 4 rings (SSSR count). The Hall–Kier alpha value is -3.98. The van der Waals surface area contributed by atoms with E-state index < -0.39 is 18.0 Å². The van der Waals surface area contributed by atoms with Crippen molar-refractivity contribution in [3.63, 3.8) is 0 Å². The molecule has 0 fully saturated rings. The number of carbonyl (C=O) groups excluding carboxylic acids is 2. The summed E-state index contributed by atoms with van der Waals surface area (Å²) in [7, 11) is 0. The monoisotopic (exact) mass is 534 g/mol. The van der Waals surface area contributed by atoms with E-state index in [0.29, 0.717) is 38.5 Å². The lowest BCUT2D eigenvalue weighted by Gasteiger charge is -2.24. The van der Waals surface area contributed by atoms with E-state index in [1.54, 1.807) is 38.1 Å². The van der Waals surface area contributed by atoms with Crippen LogP contribution >= 0.6 is 11.3 Å². The molecule has 0 radical (unpaired) electrons. The van der Waals surface area contributed by atoms with E-state index in [1.807, 2.05) is 30.3 Å². The number of aromatic nitrogens is 1. The van der Waals surface area contributed by atoms with E-state index >= 15 is 0 Å². The maximum atomic E-state index is 13.7. The van der Waals surface area contributed by atoms with Gasteiger partial charge in [-0.3, -0.25) is 14.2 Å². The lowest BCUT2D eigenvalue weighted by molar-refractivity contribution is -0.139. The smallest absolute Gasteiger partial charge is 0.338 e. The van der Waals surface area contributed by atoms with Crippen LogP contribution in [0.5, 0.6) is 11.5 Å². The Labute approximate surface area is 224 Å². The third-order valence-corrected chi connectivity index (χ3v) is 6.90. The van der Waals surface area contributed by atoms with Gasteiger partial charge >= 0.3 is 11.9 Å². The maximum absolute atomic E-state index is 13.7. The lowest BCUT2D eigenvalue weighted by atomic mass is 9.96. The minimum Gasteiger partial charge on any atom is -0.494 e. The van der Waals surface area contributed by atoms with E-state index in [0.717, 1.165) is 24.2 Å². The van der Waals surface area contributed by atoms with Crippen LogP contribution in [-0.4, -0.2) is 29.7 Å². The molecule has 0 amide bonds. The Morgan fingerprint density at radius 3 is 2.37 bits per heavy atom. The molecule has 0 saturated heterocycles. The van der Waals surface area contributed by atoms with Crippen LogP contribution in [0.4, 0.5) is 0 Å². The van der Waals surface area contributed by atoms with E-state index in [9.17, 15) is 14.4 Å². The first-order valence-corrected chi connectivity index (χ1v) is 13.3. The highest BCUT2D eigenvalue weighted by atomic mass is 32.1. The zero-order valence-electron chi connectivity index (χ0n) is 21.9. The van der Waals surface area contributed by atoms with Gasteiger partial charge in [-0.2, -0.15) is 0 Å². The summed E-state index contributed by atoms with van der Waals surface area (Å²) in [6, 6.07) is 13.6. The molecular formula is C29H30N2O6S. The number of thiazole rings is 1. The largest absolute Gasteiger partial charge is 0.494 e. The quantitative estimate of drug-likeness (QED) is 0.235. The molecule has 8 nitrogen and oxygen atoms in total. The Kier molecular flexibility index (Phi) is 8.58. The van der Waals surface area contributed by atoms with Crippen LogP contribution in [0.2, 0.25) is 0 Å². The Morgan fingerprint density at radius 1 is 1.05 bits per heavy atom. The summed E-state index contributed by atoms with van der Waals surface area (Å²) < 4.78 is 18.2. The van der Waals surface area contributed by atoms with E-state index in [2.05, 4.69) is 11.9 Å². The number of nitrogens with zero attached hydrogens (tertiary/aromatic N) is 2. The van der Waals surface area contributed by atoms with Crippen LogP contribution in [0, 0.1) is 0 Å². The van der Waals surface area contributed by atoms with Crippen molar-refractivity contribution in [3.8, 4) is 11.5 Å². The van der Waals surface area contributed by atoms with Crippen molar-refractivity contribution in [2.45, 2.75) is 46.6 Å². The van der Waals surface area contributed by atoms with Crippen molar-refractivity contribution >= 4 is 29.4 Å². The molecule has 1 aromatic heterocycles. The number of esters is 2. The number of ether oxygens (including phenoxy) is 3. The normalized spacial score (nSPS) is 15.1. The molecule has 1 unspecified atom stereocenters. The van der Waals surface area contributed by atoms with Gasteiger partial charge in [0.1, 0.15) is 11.5 Å². The fourth-order valence-electron chi connectivity index (χ4n) is 4.14. The average Bonchev–Trinajstić information content (AvgIpc) is 3.19. The standard InChI is InChI=1S/C29H30N2O6S/c1-5-7-16-36-22-12-8-20(9-13-22)17-24-27(33)31-26(21-10-14-23(15-11-21)37-19(4)32)25(28(34)35-6-2)18(3)30-29(31)38-24/h8-15,17,26H,5-7,16H2,1-4H3. The molecular weight excluding hydrogens is 504 g/mol. The molecule has 1 atom stereocenters. The fraction of sp³-hybridized carbons (Fsp3) is 0.310. The van der Waals surface area contributed by atoms with Gasteiger partial charge in [0, 0.05) is 6.92 Å². The molecule has 2 aromatic carbocycles. The first-order valence-electron chi connectivity index (χ1n) is 12.5. The summed E-state index contributed by atoms with van der Waals surface area (Å²) in [5.41, 5.74) is 2.03. The van der Waals surface area contributed by atoms with Crippen molar-refractivity contribution < 1.29 is 23.8 Å². The lowest BCUT2D eigenvalue weighted by Crippen LogP contribution is -2.39. The summed E-state index contributed by atoms with van der Waals surface area (Å²) in [6.07, 6.45) is 3.86. The molecule has 0 aliphatic carbocycles. The van der Waals surface area contributed by atoms with Crippen molar-refractivity contribution in [1.82, 2.24) is 4.57 Å².